The van der Waals surface area contributed by atoms with Crippen LogP contribution in [0.4, 0.5) is 0 Å². The molecule has 0 saturated heterocycles. The Kier molecular flexibility index (Phi) is 7.27. The number of nitrogens with one attached hydrogen (secondary N) is 4. The molecule has 4 amide bonds. The van der Waals surface area contributed by atoms with Crippen molar-refractivity contribution in [1.29, 1.82) is 0 Å². The normalized spacial score (nSPS) is 10.6. The first-order valence-electron chi connectivity index (χ1n) is 6.30. The van der Waals surface area contributed by atoms with E-state index in [4.69, 9.17) is 0 Å². The summed E-state index contributed by atoms with van der Waals surface area (Å²) in [6.07, 6.45) is 2.82. The SMILES string of the molecule is C=CC(=O)NC(O)(NC(=O)C=C)C(O)(NC(=O)C=C)NC(=O)C=C. The first kappa shape index (κ1) is 20.8. The van der Waals surface area contributed by atoms with Gasteiger partial charge in [0.2, 0.25) is 23.6 Å². The van der Waals surface area contributed by atoms with Gasteiger partial charge in [0.05, 0.1) is 0 Å². The summed E-state index contributed by atoms with van der Waals surface area (Å²) in [5.41, 5.74) is 0. The molecule has 0 fully saturated rings. The van der Waals surface area contributed by atoms with Crippen LogP contribution in [0.2, 0.25) is 0 Å². The highest BCUT2D eigenvalue weighted by Gasteiger charge is 2.54. The zero-order valence-electron chi connectivity index (χ0n) is 12.7. The Morgan fingerprint density at radius 2 is 0.750 bits per heavy atom. The average Bonchev–Trinajstić information content (AvgIpc) is 2.53. The lowest BCUT2D eigenvalue weighted by Gasteiger charge is -2.42. The molecule has 0 aliphatic heterocycles. The summed E-state index contributed by atoms with van der Waals surface area (Å²) in [7, 11) is 0. The van der Waals surface area contributed by atoms with Crippen LogP contribution in [0.25, 0.3) is 0 Å². The van der Waals surface area contributed by atoms with Crippen LogP contribution in [0.15, 0.2) is 50.6 Å². The van der Waals surface area contributed by atoms with Gasteiger partial charge in [0, 0.05) is 0 Å². The molecule has 0 atom stereocenters. The van der Waals surface area contributed by atoms with Crippen LogP contribution in [-0.2, 0) is 19.2 Å². The Labute approximate surface area is 137 Å². The molecule has 0 aromatic carbocycles. The number of carbonyl (C=O) groups is 4. The van der Waals surface area contributed by atoms with Crippen molar-refractivity contribution in [2.24, 2.45) is 0 Å². The van der Waals surface area contributed by atoms with Crippen molar-refractivity contribution in [1.82, 2.24) is 21.3 Å². The highest BCUT2D eigenvalue weighted by atomic mass is 16.4. The fourth-order valence-corrected chi connectivity index (χ4v) is 1.34. The number of hydrogen-bond donors (Lipinski definition) is 6. The van der Waals surface area contributed by atoms with Crippen molar-refractivity contribution < 1.29 is 29.4 Å². The molecule has 0 saturated carbocycles. The van der Waals surface area contributed by atoms with Gasteiger partial charge in [0.15, 0.2) is 0 Å². The Morgan fingerprint density at radius 3 is 0.875 bits per heavy atom. The monoisotopic (exact) mass is 338 g/mol. The standard InChI is InChI=1S/C14H18N4O6/c1-5-9(19)15-13(23,16-10(20)6-2)14(24,17-11(21)7-3)18-12(22)8-4/h5-8,23-24H,1-4H2,(H,15,19)(H,16,20)(H,17,21)(H,18,22). The number of hydrogen-bond acceptors (Lipinski definition) is 6. The molecule has 0 rings (SSSR count). The molecule has 6 N–H and O–H groups in total. The highest BCUT2D eigenvalue weighted by molar-refractivity contribution is 5.93. The molecule has 0 aromatic heterocycles. The van der Waals surface area contributed by atoms with E-state index in [1.807, 2.05) is 0 Å². The molecular formula is C14H18N4O6. The van der Waals surface area contributed by atoms with Crippen molar-refractivity contribution in [2.45, 2.75) is 11.7 Å². The minimum atomic E-state index is -3.08. The van der Waals surface area contributed by atoms with Gasteiger partial charge in [0.25, 0.3) is 11.7 Å². The van der Waals surface area contributed by atoms with E-state index in [2.05, 4.69) is 26.3 Å². The Balaban J connectivity index is 6.08. The maximum Gasteiger partial charge on any atom is 0.290 e. The second-order valence-corrected chi connectivity index (χ2v) is 4.19. The molecule has 0 bridgehead atoms. The van der Waals surface area contributed by atoms with Crippen LogP contribution in [0.3, 0.4) is 0 Å². The van der Waals surface area contributed by atoms with Crippen molar-refractivity contribution in [3.05, 3.63) is 50.6 Å². The fourth-order valence-electron chi connectivity index (χ4n) is 1.34. The molecule has 0 radical (unpaired) electrons. The van der Waals surface area contributed by atoms with Gasteiger partial charge < -0.3 is 31.5 Å². The number of aliphatic hydroxyl groups is 2. The van der Waals surface area contributed by atoms with Crippen LogP contribution in [0, 0.1) is 0 Å². The molecule has 0 spiro atoms. The number of carbonyl (C=O) groups excluding carboxylic acids is 4. The molecule has 130 valence electrons. The van der Waals surface area contributed by atoms with Gasteiger partial charge in [-0.25, -0.2) is 0 Å². The van der Waals surface area contributed by atoms with Crippen LogP contribution in [0.1, 0.15) is 0 Å². The summed E-state index contributed by atoms with van der Waals surface area (Å²) < 4.78 is 0. The summed E-state index contributed by atoms with van der Waals surface area (Å²) in [5, 5.41) is 28.1. The Bertz CT molecular complexity index is 502. The largest absolute Gasteiger partial charge is 0.349 e. The van der Waals surface area contributed by atoms with Crippen LogP contribution in [-0.4, -0.2) is 45.5 Å². The lowest BCUT2D eigenvalue weighted by atomic mass is 10.2. The lowest BCUT2D eigenvalue weighted by Crippen LogP contribution is -2.83. The summed E-state index contributed by atoms with van der Waals surface area (Å²) >= 11 is 0. The van der Waals surface area contributed by atoms with Gasteiger partial charge in [-0.05, 0) is 24.3 Å². The van der Waals surface area contributed by atoms with E-state index in [9.17, 15) is 29.4 Å². The second kappa shape index (κ2) is 8.41. The summed E-state index contributed by atoms with van der Waals surface area (Å²) in [6, 6.07) is 0. The third kappa shape index (κ3) is 5.19. The molecule has 0 aliphatic carbocycles. The molecule has 10 nitrogen and oxygen atoms in total. The molecule has 0 aromatic rings. The van der Waals surface area contributed by atoms with Crippen LogP contribution >= 0.6 is 0 Å². The summed E-state index contributed by atoms with van der Waals surface area (Å²) in [6.45, 7) is 12.5. The van der Waals surface area contributed by atoms with Crippen molar-refractivity contribution in [3.63, 3.8) is 0 Å². The minimum absolute atomic E-state index is 0.704. The Morgan fingerprint density at radius 1 is 0.583 bits per heavy atom. The zero-order chi connectivity index (χ0) is 19.0. The van der Waals surface area contributed by atoms with Gasteiger partial charge in [0.1, 0.15) is 0 Å². The first-order valence-corrected chi connectivity index (χ1v) is 6.30. The lowest BCUT2D eigenvalue weighted by molar-refractivity contribution is -0.218. The van der Waals surface area contributed by atoms with Crippen molar-refractivity contribution in [3.8, 4) is 0 Å². The maximum absolute atomic E-state index is 11.5. The van der Waals surface area contributed by atoms with Gasteiger partial charge in [-0.2, -0.15) is 0 Å². The van der Waals surface area contributed by atoms with Gasteiger partial charge >= 0.3 is 0 Å². The maximum atomic E-state index is 11.5. The predicted octanol–water partition coefficient (Wildman–Crippen LogP) is -2.51. The van der Waals surface area contributed by atoms with Gasteiger partial charge in [-0.3, -0.25) is 19.2 Å². The van der Waals surface area contributed by atoms with Crippen molar-refractivity contribution >= 4 is 23.6 Å². The highest BCUT2D eigenvalue weighted by Crippen LogP contribution is 2.13. The summed E-state index contributed by atoms with van der Waals surface area (Å²) in [4.78, 5) is 46.0. The van der Waals surface area contributed by atoms with E-state index >= 15 is 0 Å². The first-order chi connectivity index (χ1) is 11.1. The van der Waals surface area contributed by atoms with Crippen molar-refractivity contribution in [2.75, 3.05) is 0 Å². The third-order valence-corrected chi connectivity index (χ3v) is 2.48. The smallest absolute Gasteiger partial charge is 0.290 e. The molecule has 0 heterocycles. The van der Waals surface area contributed by atoms with E-state index in [0.717, 1.165) is 0 Å². The average molecular weight is 338 g/mol. The van der Waals surface area contributed by atoms with E-state index in [-0.39, 0.29) is 0 Å². The number of rotatable bonds is 9. The number of amides is 4. The molecule has 0 aliphatic rings. The second-order valence-electron chi connectivity index (χ2n) is 4.19. The summed E-state index contributed by atoms with van der Waals surface area (Å²) in [5.74, 6) is -10.4. The van der Waals surface area contributed by atoms with E-state index < -0.39 is 35.3 Å². The minimum Gasteiger partial charge on any atom is -0.349 e. The quantitative estimate of drug-likeness (QED) is 0.201. The molecule has 24 heavy (non-hydrogen) atoms. The fraction of sp³-hybridized carbons (Fsp3) is 0.143. The molecular weight excluding hydrogens is 320 g/mol. The van der Waals surface area contributed by atoms with Crippen LogP contribution in [0.5, 0.6) is 0 Å². The van der Waals surface area contributed by atoms with Gasteiger partial charge in [-0.1, -0.05) is 26.3 Å². The topological polar surface area (TPSA) is 157 Å². The zero-order valence-corrected chi connectivity index (χ0v) is 12.7. The van der Waals surface area contributed by atoms with E-state index in [1.54, 1.807) is 21.3 Å². The van der Waals surface area contributed by atoms with E-state index in [1.165, 1.54) is 0 Å². The molecule has 0 unspecified atom stereocenters. The predicted molar refractivity (Wildman–Crippen MR) is 83.3 cm³/mol. The molecule has 10 heteroatoms. The third-order valence-electron chi connectivity index (χ3n) is 2.48. The van der Waals surface area contributed by atoms with Gasteiger partial charge in [-0.15, -0.1) is 0 Å². The van der Waals surface area contributed by atoms with Crippen LogP contribution < -0.4 is 21.3 Å². The van der Waals surface area contributed by atoms with E-state index in [0.29, 0.717) is 24.3 Å². The Hall–Kier alpha value is -3.24.